The second-order valence-corrected chi connectivity index (χ2v) is 13.5. The first-order valence-electron chi connectivity index (χ1n) is 14.4. The van der Waals surface area contributed by atoms with E-state index in [2.05, 4.69) is 20.1 Å². The molecule has 4 aliphatic rings. The molecule has 4 heterocycles. The average Bonchev–Trinajstić information content (AvgIpc) is 3.42. The monoisotopic (exact) mass is 596 g/mol. The number of β-amino-alcohol motifs (C(OH)–C–C–N with tert-alkyl or cyclic N) is 1. The third-order valence-corrected chi connectivity index (χ3v) is 10.6. The normalized spacial score (nSPS) is 25.7. The molecule has 0 amide bonds. The number of aliphatic hydroxyl groups is 1. The van der Waals surface area contributed by atoms with E-state index in [1.54, 1.807) is 28.6 Å². The molecule has 3 N–H and O–H groups in total. The minimum atomic E-state index is -3.82. The fourth-order valence-corrected chi connectivity index (χ4v) is 8.01. The maximum absolute atomic E-state index is 13.9. The number of piperidine rings is 1. The van der Waals surface area contributed by atoms with Gasteiger partial charge in [-0.05, 0) is 67.3 Å². The maximum atomic E-state index is 13.9. The highest BCUT2D eigenvalue weighted by atomic mass is 32.2. The molecule has 10 nitrogen and oxygen atoms in total. The summed E-state index contributed by atoms with van der Waals surface area (Å²) in [7, 11) is -3.82. The van der Waals surface area contributed by atoms with Gasteiger partial charge in [-0.2, -0.15) is 4.31 Å². The zero-order valence-electron chi connectivity index (χ0n) is 23.5. The van der Waals surface area contributed by atoms with Gasteiger partial charge in [0.05, 0.1) is 19.3 Å². The van der Waals surface area contributed by atoms with Crippen molar-refractivity contribution in [1.82, 2.24) is 14.2 Å². The lowest BCUT2D eigenvalue weighted by atomic mass is 9.68. The minimum absolute atomic E-state index is 0.163. The highest BCUT2D eigenvalue weighted by Gasteiger charge is 2.47. The van der Waals surface area contributed by atoms with Gasteiger partial charge in [0.2, 0.25) is 10.0 Å². The van der Waals surface area contributed by atoms with Gasteiger partial charge in [-0.1, -0.05) is 5.57 Å². The predicted molar refractivity (Wildman–Crippen MR) is 159 cm³/mol. The van der Waals surface area contributed by atoms with Gasteiger partial charge >= 0.3 is 0 Å². The number of anilines is 2. The molecule has 0 saturated carbocycles. The molecule has 2 atom stereocenters. The van der Waals surface area contributed by atoms with Crippen LogP contribution in [-0.4, -0.2) is 99.1 Å². The Hall–Kier alpha value is -3.16. The number of morpholine rings is 1. The molecule has 6 rings (SSSR count). The molecule has 0 bridgehead atoms. The molecule has 12 heteroatoms. The number of likely N-dealkylation sites (tertiary alicyclic amines) is 1. The SMILES string of the molecule is N=CC1=C(Nc2ccc(F)cc2)C=C2CCN(S(=O)(=O)c3ccc(N4CCOCC4)nc3)C[C@@]2(CN2CC[C@H](O)C2)C1. The number of halogens is 1. The van der Waals surface area contributed by atoms with Crippen LogP contribution in [0.3, 0.4) is 0 Å². The maximum Gasteiger partial charge on any atom is 0.244 e. The van der Waals surface area contributed by atoms with Crippen LogP contribution in [0.1, 0.15) is 19.3 Å². The molecule has 0 unspecified atom stereocenters. The fourth-order valence-electron chi connectivity index (χ4n) is 6.53. The second kappa shape index (κ2) is 11.8. The molecule has 1 aliphatic carbocycles. The van der Waals surface area contributed by atoms with E-state index in [0.717, 1.165) is 42.3 Å². The quantitative estimate of drug-likeness (QED) is 0.398. The van der Waals surface area contributed by atoms with Crippen molar-refractivity contribution in [3.05, 3.63) is 71.3 Å². The molecule has 3 aliphatic heterocycles. The lowest BCUT2D eigenvalue weighted by Gasteiger charge is -2.48. The van der Waals surface area contributed by atoms with E-state index in [9.17, 15) is 17.9 Å². The summed E-state index contributed by atoms with van der Waals surface area (Å²) >= 11 is 0. The summed E-state index contributed by atoms with van der Waals surface area (Å²) < 4.78 is 48.3. The fraction of sp³-hybridized carbons (Fsp3) is 0.467. The van der Waals surface area contributed by atoms with Crippen molar-refractivity contribution < 1.29 is 22.7 Å². The standard InChI is InChI=1S/C30H37FN6O4S/c31-24-1-3-25(4-2-24)34-28-15-23-7-10-37(21-30(23,16-22(28)17-32)20-35-9-8-26(38)19-35)42(39,40)27-5-6-29(33-18-27)36-11-13-41-14-12-36/h1-6,15,17-18,26,32,34,38H,7-14,16,19-21H2/t26-,30-/m0/s1. The highest BCUT2D eigenvalue weighted by molar-refractivity contribution is 7.89. The topological polar surface area (TPSA) is 122 Å². The van der Waals surface area contributed by atoms with Gasteiger partial charge in [-0.15, -0.1) is 0 Å². The van der Waals surface area contributed by atoms with Crippen LogP contribution in [0, 0.1) is 16.6 Å². The van der Waals surface area contributed by atoms with E-state index in [0.29, 0.717) is 57.8 Å². The molecule has 42 heavy (non-hydrogen) atoms. The summed E-state index contributed by atoms with van der Waals surface area (Å²) in [6.07, 6.45) is 6.11. The van der Waals surface area contributed by atoms with Gasteiger partial charge in [0.15, 0.2) is 0 Å². The number of fused-ring (bicyclic) bond motifs is 1. The Balaban J connectivity index is 1.28. The summed E-state index contributed by atoms with van der Waals surface area (Å²) in [5, 5.41) is 21.8. The van der Waals surface area contributed by atoms with Gasteiger partial charge in [0.25, 0.3) is 0 Å². The molecular formula is C30H37FN6O4S. The number of aliphatic hydroxyl groups excluding tert-OH is 1. The van der Waals surface area contributed by atoms with Gasteiger partial charge < -0.3 is 25.5 Å². The summed E-state index contributed by atoms with van der Waals surface area (Å²) in [4.78, 5) is 8.93. The van der Waals surface area contributed by atoms with Crippen LogP contribution < -0.4 is 10.2 Å². The first-order chi connectivity index (χ1) is 20.3. The van der Waals surface area contributed by atoms with Gasteiger partial charge in [0, 0.05) is 75.0 Å². The number of sulfonamides is 1. The molecule has 0 radical (unpaired) electrons. The van der Waals surface area contributed by atoms with E-state index in [1.165, 1.54) is 24.5 Å². The summed E-state index contributed by atoms with van der Waals surface area (Å²) in [5.41, 5.74) is 2.79. The van der Waals surface area contributed by atoms with Crippen molar-refractivity contribution in [2.24, 2.45) is 5.41 Å². The Kier molecular flexibility index (Phi) is 8.16. The number of benzene rings is 1. The number of aromatic nitrogens is 1. The third kappa shape index (κ3) is 5.86. The number of ether oxygens (including phenoxy) is 1. The first-order valence-corrected chi connectivity index (χ1v) is 15.9. The number of hydrogen-bond acceptors (Lipinski definition) is 9. The number of hydrogen-bond donors (Lipinski definition) is 3. The Morgan fingerprint density at radius 2 is 1.93 bits per heavy atom. The van der Waals surface area contributed by atoms with Crippen LogP contribution in [0.2, 0.25) is 0 Å². The molecule has 3 saturated heterocycles. The molecule has 1 aromatic heterocycles. The predicted octanol–water partition coefficient (Wildman–Crippen LogP) is 2.85. The second-order valence-electron chi connectivity index (χ2n) is 11.6. The van der Waals surface area contributed by atoms with Crippen molar-refractivity contribution in [3.8, 4) is 0 Å². The van der Waals surface area contributed by atoms with Gasteiger partial charge in [-0.3, -0.25) is 4.90 Å². The van der Waals surface area contributed by atoms with Crippen molar-refractivity contribution in [3.63, 3.8) is 0 Å². The molecule has 2 aromatic rings. The smallest absolute Gasteiger partial charge is 0.244 e. The van der Waals surface area contributed by atoms with Crippen molar-refractivity contribution in [2.45, 2.75) is 30.3 Å². The lowest BCUT2D eigenvalue weighted by molar-refractivity contribution is 0.122. The molecule has 1 aromatic carbocycles. The van der Waals surface area contributed by atoms with Crippen LogP contribution in [0.15, 0.2) is 70.4 Å². The zero-order chi connectivity index (χ0) is 29.3. The van der Waals surface area contributed by atoms with Gasteiger partial charge in [0.1, 0.15) is 16.5 Å². The van der Waals surface area contributed by atoms with E-state index < -0.39 is 21.5 Å². The number of allylic oxidation sites excluding steroid dienone is 2. The van der Waals surface area contributed by atoms with Crippen molar-refractivity contribution in [1.29, 1.82) is 5.41 Å². The Morgan fingerprint density at radius 1 is 1.14 bits per heavy atom. The lowest BCUT2D eigenvalue weighted by Crippen LogP contribution is -2.53. The Labute approximate surface area is 246 Å². The summed E-state index contributed by atoms with van der Waals surface area (Å²) in [6.45, 7) is 5.12. The Bertz CT molecular complexity index is 1470. The van der Waals surface area contributed by atoms with Crippen molar-refractivity contribution in [2.75, 3.05) is 69.2 Å². The first kappa shape index (κ1) is 28.9. The van der Waals surface area contributed by atoms with E-state index in [4.69, 9.17) is 10.1 Å². The van der Waals surface area contributed by atoms with Gasteiger partial charge in [-0.25, -0.2) is 17.8 Å². The number of rotatable bonds is 8. The number of pyridine rings is 1. The molecule has 224 valence electrons. The van der Waals surface area contributed by atoms with Crippen LogP contribution in [0.25, 0.3) is 0 Å². The van der Waals surface area contributed by atoms with E-state index >= 15 is 0 Å². The number of nitrogens with zero attached hydrogens (tertiary/aromatic N) is 4. The van der Waals surface area contributed by atoms with Crippen LogP contribution >= 0.6 is 0 Å². The molecular weight excluding hydrogens is 559 g/mol. The van der Waals surface area contributed by atoms with Crippen LogP contribution in [0.4, 0.5) is 15.9 Å². The molecule has 0 spiro atoms. The Morgan fingerprint density at radius 3 is 2.60 bits per heavy atom. The number of nitrogens with one attached hydrogen (secondary N) is 2. The highest BCUT2D eigenvalue weighted by Crippen LogP contribution is 2.47. The van der Waals surface area contributed by atoms with E-state index in [-0.39, 0.29) is 17.3 Å². The average molecular weight is 597 g/mol. The zero-order valence-corrected chi connectivity index (χ0v) is 24.3. The third-order valence-electron chi connectivity index (χ3n) is 8.75. The largest absolute Gasteiger partial charge is 0.392 e. The van der Waals surface area contributed by atoms with Crippen LogP contribution in [0.5, 0.6) is 0 Å². The van der Waals surface area contributed by atoms with E-state index in [1.807, 2.05) is 6.08 Å². The van der Waals surface area contributed by atoms with Crippen LogP contribution in [-0.2, 0) is 14.8 Å². The minimum Gasteiger partial charge on any atom is -0.392 e. The molecule has 3 fully saturated rings. The summed E-state index contributed by atoms with van der Waals surface area (Å²) in [6, 6.07) is 9.48. The summed E-state index contributed by atoms with van der Waals surface area (Å²) in [5.74, 6) is 0.412. The van der Waals surface area contributed by atoms with Crippen molar-refractivity contribution >= 4 is 27.7 Å².